The number of benzene rings is 2. The lowest BCUT2D eigenvalue weighted by Gasteiger charge is -2.13. The lowest BCUT2D eigenvalue weighted by atomic mass is 10.3. The summed E-state index contributed by atoms with van der Waals surface area (Å²) in [6.07, 6.45) is 1.36. The van der Waals surface area contributed by atoms with Crippen LogP contribution >= 0.6 is 34.8 Å². The minimum absolute atomic E-state index is 0.0578. The molecule has 1 heterocycles. The van der Waals surface area contributed by atoms with Crippen LogP contribution in [0.3, 0.4) is 0 Å². The fraction of sp³-hybridized carbons (Fsp3) is 0. The number of anilines is 1. The number of sulfonamides is 1. The van der Waals surface area contributed by atoms with Crippen molar-refractivity contribution in [3.63, 3.8) is 0 Å². The summed E-state index contributed by atoms with van der Waals surface area (Å²) in [6, 6.07) is 14.2. The van der Waals surface area contributed by atoms with Crippen molar-refractivity contribution in [2.45, 2.75) is 4.90 Å². The molecule has 0 radical (unpaired) electrons. The van der Waals surface area contributed by atoms with Crippen molar-refractivity contribution in [3.8, 4) is 11.6 Å². The number of ether oxygens (including phenoxy) is 1. The summed E-state index contributed by atoms with van der Waals surface area (Å²) in [7, 11) is -3.96. The van der Waals surface area contributed by atoms with Gasteiger partial charge in [-0.15, -0.1) is 0 Å². The molecule has 0 unspecified atom stereocenters. The third-order valence-corrected chi connectivity index (χ3v) is 5.53. The average Bonchev–Trinajstić information content (AvgIpc) is 2.60. The number of halogens is 3. The second-order valence-corrected chi connectivity index (χ2v) is 8.04. The van der Waals surface area contributed by atoms with Crippen molar-refractivity contribution in [2.75, 3.05) is 4.72 Å². The van der Waals surface area contributed by atoms with Gasteiger partial charge in [0.2, 0.25) is 5.88 Å². The monoisotopic (exact) mass is 428 g/mol. The van der Waals surface area contributed by atoms with Crippen molar-refractivity contribution < 1.29 is 13.2 Å². The number of hydrogen-bond donors (Lipinski definition) is 1. The van der Waals surface area contributed by atoms with Gasteiger partial charge in [-0.05, 0) is 36.4 Å². The predicted octanol–water partition coefficient (Wildman–Crippen LogP) is 5.63. The molecule has 2 aromatic carbocycles. The van der Waals surface area contributed by atoms with Gasteiger partial charge in [0.05, 0.1) is 20.0 Å². The highest BCUT2D eigenvalue weighted by Crippen LogP contribution is 2.32. The Bertz CT molecular complexity index is 1040. The van der Waals surface area contributed by atoms with Gasteiger partial charge in [0.1, 0.15) is 11.4 Å². The summed E-state index contributed by atoms with van der Waals surface area (Å²) in [5.74, 6) is 0.557. The molecule has 0 fully saturated rings. The Balaban J connectivity index is 1.95. The van der Waals surface area contributed by atoms with E-state index < -0.39 is 10.0 Å². The highest BCUT2D eigenvalue weighted by Gasteiger charge is 2.19. The molecule has 0 bridgehead atoms. The van der Waals surface area contributed by atoms with Crippen molar-refractivity contribution >= 4 is 50.5 Å². The second-order valence-electron chi connectivity index (χ2n) is 5.10. The molecule has 9 heteroatoms. The van der Waals surface area contributed by atoms with E-state index in [0.717, 1.165) is 0 Å². The number of nitrogens with zero attached hydrogens (tertiary/aromatic N) is 1. The number of hydrogen-bond acceptors (Lipinski definition) is 4. The van der Waals surface area contributed by atoms with Crippen LogP contribution in [-0.4, -0.2) is 13.4 Å². The third kappa shape index (κ3) is 4.40. The number of rotatable bonds is 5. The summed E-state index contributed by atoms with van der Waals surface area (Å²) < 4.78 is 33.3. The zero-order valence-electron chi connectivity index (χ0n) is 13.0. The second kappa shape index (κ2) is 7.72. The summed E-state index contributed by atoms with van der Waals surface area (Å²) in [5, 5.41) is 0.625. The van der Waals surface area contributed by atoms with E-state index in [4.69, 9.17) is 39.5 Å². The van der Waals surface area contributed by atoms with Crippen molar-refractivity contribution in [2.24, 2.45) is 0 Å². The van der Waals surface area contributed by atoms with Gasteiger partial charge in [-0.2, -0.15) is 0 Å². The zero-order valence-corrected chi connectivity index (χ0v) is 16.1. The Morgan fingerprint density at radius 2 is 1.65 bits per heavy atom. The smallest absolute Gasteiger partial charge is 0.262 e. The van der Waals surface area contributed by atoms with Gasteiger partial charge in [-0.1, -0.05) is 53.0 Å². The van der Waals surface area contributed by atoms with E-state index in [-0.39, 0.29) is 31.5 Å². The van der Waals surface area contributed by atoms with Gasteiger partial charge in [0, 0.05) is 6.20 Å². The summed E-state index contributed by atoms with van der Waals surface area (Å²) >= 11 is 17.7. The average molecular weight is 430 g/mol. The maximum Gasteiger partial charge on any atom is 0.262 e. The van der Waals surface area contributed by atoms with Gasteiger partial charge in [0.25, 0.3) is 10.0 Å². The molecule has 0 saturated carbocycles. The molecule has 0 aliphatic rings. The molecule has 0 aliphatic carbocycles. The van der Waals surface area contributed by atoms with E-state index in [0.29, 0.717) is 5.75 Å². The van der Waals surface area contributed by atoms with Gasteiger partial charge in [0.15, 0.2) is 0 Å². The first-order valence-electron chi connectivity index (χ1n) is 7.21. The van der Waals surface area contributed by atoms with Crippen LogP contribution in [0.4, 0.5) is 5.69 Å². The van der Waals surface area contributed by atoms with Crippen molar-refractivity contribution in [3.05, 3.63) is 75.9 Å². The van der Waals surface area contributed by atoms with Gasteiger partial charge < -0.3 is 4.74 Å². The first-order chi connectivity index (χ1) is 12.3. The highest BCUT2D eigenvalue weighted by molar-refractivity contribution is 7.92. The van der Waals surface area contributed by atoms with Crippen LogP contribution in [0.25, 0.3) is 0 Å². The third-order valence-electron chi connectivity index (χ3n) is 3.22. The van der Waals surface area contributed by atoms with Crippen molar-refractivity contribution in [1.29, 1.82) is 0 Å². The molecule has 0 spiro atoms. The molecule has 3 rings (SSSR count). The number of aromatic nitrogens is 1. The first kappa shape index (κ1) is 18.8. The lowest BCUT2D eigenvalue weighted by molar-refractivity contribution is 0.465. The Labute approximate surface area is 165 Å². The van der Waals surface area contributed by atoms with Crippen LogP contribution in [0.5, 0.6) is 11.6 Å². The normalized spacial score (nSPS) is 11.2. The van der Waals surface area contributed by atoms with E-state index in [1.54, 1.807) is 24.3 Å². The first-order valence-corrected chi connectivity index (χ1v) is 9.83. The molecule has 0 amide bonds. The molecule has 26 heavy (non-hydrogen) atoms. The Morgan fingerprint density at radius 3 is 2.35 bits per heavy atom. The van der Waals surface area contributed by atoms with Gasteiger partial charge in [-0.25, -0.2) is 13.4 Å². The van der Waals surface area contributed by atoms with E-state index in [2.05, 4.69) is 9.71 Å². The Morgan fingerprint density at radius 1 is 0.923 bits per heavy atom. The molecular formula is C17H11Cl3N2O3S. The fourth-order valence-electron chi connectivity index (χ4n) is 2.03. The standard InChI is InChI=1S/C17H11Cl3N2O3S/c18-11-8-16(17(21-10-11)25-12-4-2-1-3-5-12)22-26(23,24)13-6-7-14(19)15(20)9-13/h1-10,22H. The molecule has 1 aromatic heterocycles. The zero-order chi connectivity index (χ0) is 18.7. The molecular weight excluding hydrogens is 419 g/mol. The highest BCUT2D eigenvalue weighted by atomic mass is 35.5. The lowest BCUT2D eigenvalue weighted by Crippen LogP contribution is -2.14. The minimum atomic E-state index is -3.96. The van der Waals surface area contributed by atoms with Crippen LogP contribution in [0.1, 0.15) is 0 Å². The maximum atomic E-state index is 12.6. The van der Waals surface area contributed by atoms with E-state index in [9.17, 15) is 8.42 Å². The summed E-state index contributed by atoms with van der Waals surface area (Å²) in [4.78, 5) is 4.00. The molecule has 1 N–H and O–H groups in total. The van der Waals surface area contributed by atoms with Gasteiger partial charge in [-0.3, -0.25) is 4.72 Å². The Kier molecular flexibility index (Phi) is 5.58. The summed E-state index contributed by atoms with van der Waals surface area (Å²) in [5.41, 5.74) is 0.0902. The van der Waals surface area contributed by atoms with Crippen LogP contribution in [-0.2, 0) is 10.0 Å². The van der Waals surface area contributed by atoms with Crippen LogP contribution in [0, 0.1) is 0 Å². The minimum Gasteiger partial charge on any atom is -0.437 e. The van der Waals surface area contributed by atoms with E-state index in [1.807, 2.05) is 6.07 Å². The maximum absolute atomic E-state index is 12.6. The van der Waals surface area contributed by atoms with Crippen LogP contribution in [0.2, 0.25) is 15.1 Å². The number of para-hydroxylation sites is 1. The topological polar surface area (TPSA) is 68.3 Å². The SMILES string of the molecule is O=S(=O)(Nc1cc(Cl)cnc1Oc1ccccc1)c1ccc(Cl)c(Cl)c1. The van der Waals surface area contributed by atoms with Crippen LogP contribution in [0.15, 0.2) is 65.7 Å². The number of pyridine rings is 1. The summed E-state index contributed by atoms with van der Waals surface area (Å²) in [6.45, 7) is 0. The van der Waals surface area contributed by atoms with E-state index in [1.165, 1.54) is 30.5 Å². The quantitative estimate of drug-likeness (QED) is 0.570. The predicted molar refractivity (Wildman–Crippen MR) is 103 cm³/mol. The molecule has 0 aliphatic heterocycles. The van der Waals surface area contributed by atoms with Crippen LogP contribution < -0.4 is 9.46 Å². The van der Waals surface area contributed by atoms with Crippen molar-refractivity contribution in [1.82, 2.24) is 4.98 Å². The Hall–Kier alpha value is -1.99. The molecule has 0 saturated heterocycles. The van der Waals surface area contributed by atoms with Gasteiger partial charge >= 0.3 is 0 Å². The molecule has 0 atom stereocenters. The fourth-order valence-corrected chi connectivity index (χ4v) is 3.62. The largest absolute Gasteiger partial charge is 0.437 e. The molecule has 3 aromatic rings. The van der Waals surface area contributed by atoms with E-state index >= 15 is 0 Å². The molecule has 5 nitrogen and oxygen atoms in total. The molecule has 134 valence electrons. The number of nitrogens with one attached hydrogen (secondary N) is 1.